The second kappa shape index (κ2) is 43.9. The van der Waals surface area contributed by atoms with Crippen LogP contribution in [-0.2, 0) is 14.3 Å². The number of esters is 1. The molecule has 0 spiro atoms. The van der Waals surface area contributed by atoms with Crippen LogP contribution in [0.4, 0.5) is 0 Å². The van der Waals surface area contributed by atoms with Crippen molar-refractivity contribution in [3.63, 3.8) is 0 Å². The molecule has 3 unspecified atom stereocenters. The van der Waals surface area contributed by atoms with E-state index in [4.69, 9.17) is 4.74 Å². The van der Waals surface area contributed by atoms with Gasteiger partial charge in [0.1, 0.15) is 6.10 Å². The van der Waals surface area contributed by atoms with Gasteiger partial charge in [-0.15, -0.1) is 0 Å². The van der Waals surface area contributed by atoms with Crippen LogP contribution >= 0.6 is 0 Å². The summed E-state index contributed by atoms with van der Waals surface area (Å²) >= 11 is 0. The molecule has 0 aromatic rings. The monoisotopic (exact) mass is 786 g/mol. The zero-order valence-electron chi connectivity index (χ0n) is 37.0. The van der Waals surface area contributed by atoms with Crippen molar-refractivity contribution < 1.29 is 24.5 Å². The van der Waals surface area contributed by atoms with Gasteiger partial charge in [-0.25, -0.2) is 0 Å². The molecular weight excluding hydrogens is 695 g/mol. The molecular formula is C50H91NO5. The van der Waals surface area contributed by atoms with Gasteiger partial charge in [0.25, 0.3) is 0 Å². The topological polar surface area (TPSA) is 95.9 Å². The summed E-state index contributed by atoms with van der Waals surface area (Å²) in [6.45, 7) is 6.40. The molecule has 6 heteroatoms. The van der Waals surface area contributed by atoms with Gasteiger partial charge >= 0.3 is 5.97 Å². The second-order valence-electron chi connectivity index (χ2n) is 16.3. The number of hydrogen-bond acceptors (Lipinski definition) is 5. The molecule has 6 nitrogen and oxygen atoms in total. The summed E-state index contributed by atoms with van der Waals surface area (Å²) in [7, 11) is 0. The Morgan fingerprint density at radius 3 is 1.41 bits per heavy atom. The van der Waals surface area contributed by atoms with E-state index in [1.54, 1.807) is 0 Å². The quantitative estimate of drug-likeness (QED) is 0.0325. The average molecular weight is 786 g/mol. The van der Waals surface area contributed by atoms with Crippen LogP contribution in [0.15, 0.2) is 48.6 Å². The minimum atomic E-state index is -0.788. The molecule has 0 heterocycles. The Labute approximate surface area is 346 Å². The summed E-state index contributed by atoms with van der Waals surface area (Å²) in [5, 5.41) is 23.6. The molecule has 0 aliphatic carbocycles. The van der Waals surface area contributed by atoms with Crippen LogP contribution in [0, 0.1) is 0 Å². The molecule has 0 aromatic carbocycles. The van der Waals surface area contributed by atoms with Gasteiger partial charge in [-0.1, -0.05) is 217 Å². The lowest BCUT2D eigenvalue weighted by atomic mass is 10.0. The van der Waals surface area contributed by atoms with E-state index in [0.29, 0.717) is 19.3 Å². The Balaban J connectivity index is 4.56. The maximum Gasteiger partial charge on any atom is 0.306 e. The molecule has 0 bridgehead atoms. The van der Waals surface area contributed by atoms with Crippen molar-refractivity contribution in [3.8, 4) is 0 Å². The molecule has 0 saturated carbocycles. The van der Waals surface area contributed by atoms with Gasteiger partial charge in [-0.05, 0) is 51.4 Å². The molecule has 0 rings (SSSR count). The summed E-state index contributed by atoms with van der Waals surface area (Å²) in [5.41, 5.74) is 0. The molecule has 0 aliphatic heterocycles. The summed E-state index contributed by atoms with van der Waals surface area (Å²) in [5.74, 6) is -0.499. The molecule has 1 amide bonds. The van der Waals surface area contributed by atoms with Crippen LogP contribution in [0.3, 0.4) is 0 Å². The average Bonchev–Trinajstić information content (AvgIpc) is 3.19. The lowest BCUT2D eigenvalue weighted by molar-refractivity contribution is -0.151. The van der Waals surface area contributed by atoms with Crippen molar-refractivity contribution in [1.82, 2.24) is 5.32 Å². The molecule has 0 aliphatic rings. The van der Waals surface area contributed by atoms with E-state index in [1.165, 1.54) is 109 Å². The largest absolute Gasteiger partial charge is 0.462 e. The fourth-order valence-corrected chi connectivity index (χ4v) is 7.09. The van der Waals surface area contributed by atoms with Gasteiger partial charge in [0.05, 0.1) is 25.2 Å². The van der Waals surface area contributed by atoms with Crippen LogP contribution in [0.25, 0.3) is 0 Å². The standard InChI is InChI=1S/C50H91NO5/c1-4-7-10-13-16-19-21-22-23-24-25-26-27-28-31-34-37-40-43-50(55)56-46(41-38-35-32-30-20-17-14-11-8-5-2)44-49(54)51-47(45-52)48(53)42-39-36-33-29-18-15-12-9-6-3/h16,19,21-26,46-48,52-53H,4-15,17-18,20,27-45H2,1-3H3,(H,51,54)/b19-16+,22-21+,24-23+,26-25+. The third-order valence-corrected chi connectivity index (χ3v) is 10.8. The van der Waals surface area contributed by atoms with E-state index < -0.39 is 18.2 Å². The predicted molar refractivity (Wildman–Crippen MR) is 241 cm³/mol. The summed E-state index contributed by atoms with van der Waals surface area (Å²) in [4.78, 5) is 26.0. The maximum absolute atomic E-state index is 13.1. The van der Waals surface area contributed by atoms with E-state index in [9.17, 15) is 19.8 Å². The Kier molecular flexibility index (Phi) is 42.2. The number of aliphatic hydroxyl groups excluding tert-OH is 2. The first kappa shape index (κ1) is 53.8. The number of nitrogens with one attached hydrogen (secondary N) is 1. The predicted octanol–water partition coefficient (Wildman–Crippen LogP) is 13.9. The summed E-state index contributed by atoms with van der Waals surface area (Å²) < 4.78 is 5.90. The van der Waals surface area contributed by atoms with E-state index >= 15 is 0 Å². The van der Waals surface area contributed by atoms with Crippen molar-refractivity contribution in [3.05, 3.63) is 48.6 Å². The fraction of sp³-hybridized carbons (Fsp3) is 0.800. The van der Waals surface area contributed by atoms with Crippen LogP contribution < -0.4 is 5.32 Å². The van der Waals surface area contributed by atoms with Crippen molar-refractivity contribution in [2.24, 2.45) is 0 Å². The smallest absolute Gasteiger partial charge is 0.306 e. The molecule has 0 radical (unpaired) electrons. The Hall–Kier alpha value is -2.18. The number of unbranched alkanes of at least 4 members (excludes halogenated alkanes) is 25. The fourth-order valence-electron chi connectivity index (χ4n) is 7.09. The SMILES string of the molecule is CCCCC/C=C/C=C/C=C/C=C/CCCCCCCC(=O)OC(CCCCCCCCCCCC)CC(=O)NC(CO)C(O)CCCCCCCCCCC. The summed E-state index contributed by atoms with van der Waals surface area (Å²) in [6.07, 6.45) is 51.7. The van der Waals surface area contributed by atoms with Gasteiger partial charge in [-0.3, -0.25) is 9.59 Å². The number of rotatable bonds is 42. The highest BCUT2D eigenvalue weighted by Gasteiger charge is 2.24. The Morgan fingerprint density at radius 2 is 0.911 bits per heavy atom. The van der Waals surface area contributed by atoms with Gasteiger partial charge in [0.15, 0.2) is 0 Å². The molecule has 0 aromatic heterocycles. The van der Waals surface area contributed by atoms with Crippen LogP contribution in [0.1, 0.15) is 233 Å². The first-order valence-corrected chi connectivity index (χ1v) is 23.9. The Morgan fingerprint density at radius 1 is 0.518 bits per heavy atom. The van der Waals surface area contributed by atoms with Crippen LogP contribution in [-0.4, -0.2) is 46.9 Å². The van der Waals surface area contributed by atoms with Crippen molar-refractivity contribution >= 4 is 11.9 Å². The first-order valence-electron chi connectivity index (χ1n) is 23.9. The highest BCUT2D eigenvalue weighted by atomic mass is 16.5. The number of hydrogen-bond donors (Lipinski definition) is 3. The zero-order chi connectivity index (χ0) is 41.0. The maximum atomic E-state index is 13.1. The van der Waals surface area contributed by atoms with Crippen LogP contribution in [0.5, 0.6) is 0 Å². The zero-order valence-corrected chi connectivity index (χ0v) is 37.0. The molecule has 3 N–H and O–H groups in total. The molecule has 0 saturated heterocycles. The van der Waals surface area contributed by atoms with Crippen molar-refractivity contribution in [2.45, 2.75) is 251 Å². The number of carbonyl (C=O) groups excluding carboxylic acids is 2. The van der Waals surface area contributed by atoms with E-state index in [2.05, 4.69) is 74.7 Å². The highest BCUT2D eigenvalue weighted by molar-refractivity contribution is 5.77. The molecule has 56 heavy (non-hydrogen) atoms. The van der Waals surface area contributed by atoms with Crippen molar-refractivity contribution in [2.75, 3.05) is 6.61 Å². The first-order chi connectivity index (χ1) is 27.5. The lowest BCUT2D eigenvalue weighted by Crippen LogP contribution is -2.46. The number of aliphatic hydroxyl groups is 2. The molecule has 326 valence electrons. The Bertz CT molecular complexity index is 972. The minimum absolute atomic E-state index is 0.0690. The van der Waals surface area contributed by atoms with Gasteiger partial charge in [0.2, 0.25) is 5.91 Å². The van der Waals surface area contributed by atoms with Gasteiger partial charge in [-0.2, -0.15) is 0 Å². The summed E-state index contributed by atoms with van der Waals surface area (Å²) in [6, 6.07) is -0.702. The normalized spacial score (nSPS) is 13.7. The number of allylic oxidation sites excluding steroid dienone is 8. The third-order valence-electron chi connectivity index (χ3n) is 10.8. The van der Waals surface area contributed by atoms with E-state index in [0.717, 1.165) is 77.0 Å². The second-order valence-corrected chi connectivity index (χ2v) is 16.3. The van der Waals surface area contributed by atoms with Crippen molar-refractivity contribution in [1.29, 1.82) is 0 Å². The lowest BCUT2D eigenvalue weighted by Gasteiger charge is -2.24. The third kappa shape index (κ3) is 38.7. The molecule has 3 atom stereocenters. The van der Waals surface area contributed by atoms with E-state index in [1.807, 2.05) is 0 Å². The number of ether oxygens (including phenoxy) is 1. The molecule has 0 fully saturated rings. The number of amides is 1. The van der Waals surface area contributed by atoms with E-state index in [-0.39, 0.29) is 24.9 Å². The van der Waals surface area contributed by atoms with Crippen LogP contribution in [0.2, 0.25) is 0 Å². The van der Waals surface area contributed by atoms with Gasteiger partial charge < -0.3 is 20.3 Å². The van der Waals surface area contributed by atoms with Gasteiger partial charge in [0, 0.05) is 6.42 Å². The minimum Gasteiger partial charge on any atom is -0.462 e. The highest BCUT2D eigenvalue weighted by Crippen LogP contribution is 2.17. The number of carbonyl (C=O) groups is 2.